The van der Waals surface area contributed by atoms with Crippen LogP contribution in [-0.4, -0.2) is 17.6 Å². The lowest BCUT2D eigenvalue weighted by molar-refractivity contribution is 0.524. The Morgan fingerprint density at radius 3 is 3.00 bits per heavy atom. The summed E-state index contributed by atoms with van der Waals surface area (Å²) < 4.78 is 5.71. The number of rotatable bonds is 8. The number of aromatic nitrogens is 1. The molecule has 0 unspecified atom stereocenters. The van der Waals surface area contributed by atoms with Crippen molar-refractivity contribution in [3.05, 3.63) is 34.3 Å². The number of nitrogens with zero attached hydrogens (tertiary/aromatic N) is 2. The maximum absolute atomic E-state index is 5.71. The van der Waals surface area contributed by atoms with E-state index in [0.717, 1.165) is 31.3 Å². The van der Waals surface area contributed by atoms with Gasteiger partial charge in [0.25, 0.3) is 6.01 Å². The van der Waals surface area contributed by atoms with Gasteiger partial charge in [-0.05, 0) is 47.7 Å². The summed E-state index contributed by atoms with van der Waals surface area (Å²) in [5.74, 6) is 0.651. The molecule has 4 nitrogen and oxygen atoms in total. The third-order valence-electron chi connectivity index (χ3n) is 3.56. The Hall–Kier alpha value is -1.33. The first-order chi connectivity index (χ1) is 10.2. The average molecular weight is 305 g/mol. The predicted octanol–water partition coefficient (Wildman–Crippen LogP) is 3.65. The van der Waals surface area contributed by atoms with E-state index < -0.39 is 0 Å². The van der Waals surface area contributed by atoms with Crippen molar-refractivity contribution in [3.8, 4) is 0 Å². The summed E-state index contributed by atoms with van der Waals surface area (Å²) >= 11 is 1.74. The van der Waals surface area contributed by atoms with Gasteiger partial charge >= 0.3 is 0 Å². The molecule has 1 aliphatic rings. The first-order valence-electron chi connectivity index (χ1n) is 7.65. The Kier molecular flexibility index (Phi) is 4.60. The van der Waals surface area contributed by atoms with Gasteiger partial charge in [0.1, 0.15) is 6.26 Å². The molecule has 0 bridgehead atoms. The molecule has 1 aliphatic carbocycles. The summed E-state index contributed by atoms with van der Waals surface area (Å²) in [5.41, 5.74) is 2.33. The van der Waals surface area contributed by atoms with E-state index >= 15 is 0 Å². The molecule has 1 saturated carbocycles. The maximum atomic E-state index is 5.71. The first kappa shape index (κ1) is 14.6. The van der Waals surface area contributed by atoms with Gasteiger partial charge in [0.15, 0.2) is 0 Å². The molecule has 1 fully saturated rings. The molecule has 0 aliphatic heterocycles. The zero-order valence-corrected chi connectivity index (χ0v) is 13.5. The van der Waals surface area contributed by atoms with Crippen LogP contribution >= 0.6 is 11.3 Å². The fourth-order valence-electron chi connectivity index (χ4n) is 2.32. The highest BCUT2D eigenvalue weighted by atomic mass is 32.1. The lowest BCUT2D eigenvalue weighted by atomic mass is 10.2. The molecule has 2 aromatic heterocycles. The first-order valence-corrected chi connectivity index (χ1v) is 8.59. The van der Waals surface area contributed by atoms with E-state index in [1.807, 2.05) is 0 Å². The van der Waals surface area contributed by atoms with Gasteiger partial charge in [0.05, 0.1) is 5.69 Å². The number of anilines is 1. The standard InChI is InChI=1S/C16H23N3OS/c1-12(2)7-17-8-14-10-20-16(18-14)19(15-3-4-15)9-13-5-6-21-11-13/h5-6,10-12,15,17H,3-4,7-9H2,1-2H3. The van der Waals surface area contributed by atoms with Crippen molar-refractivity contribution in [1.29, 1.82) is 0 Å². The van der Waals surface area contributed by atoms with Gasteiger partial charge < -0.3 is 14.6 Å². The second-order valence-corrected chi connectivity index (χ2v) is 6.92. The van der Waals surface area contributed by atoms with Crippen LogP contribution in [0.2, 0.25) is 0 Å². The molecule has 0 atom stereocenters. The molecule has 3 rings (SSSR count). The number of thiophene rings is 1. The van der Waals surface area contributed by atoms with Crippen LogP contribution in [0.25, 0.3) is 0 Å². The number of oxazole rings is 1. The van der Waals surface area contributed by atoms with Crippen molar-refractivity contribution >= 4 is 17.4 Å². The van der Waals surface area contributed by atoms with Crippen LogP contribution in [0.4, 0.5) is 6.01 Å². The molecular formula is C16H23N3OS. The van der Waals surface area contributed by atoms with E-state index in [-0.39, 0.29) is 0 Å². The third-order valence-corrected chi connectivity index (χ3v) is 4.30. The number of hydrogen-bond donors (Lipinski definition) is 1. The highest BCUT2D eigenvalue weighted by Crippen LogP contribution is 2.32. The minimum Gasteiger partial charge on any atom is -0.432 e. The van der Waals surface area contributed by atoms with Crippen molar-refractivity contribution in [2.45, 2.75) is 45.8 Å². The van der Waals surface area contributed by atoms with Crippen LogP contribution < -0.4 is 10.2 Å². The largest absolute Gasteiger partial charge is 0.432 e. The van der Waals surface area contributed by atoms with E-state index in [9.17, 15) is 0 Å². The summed E-state index contributed by atoms with van der Waals surface area (Å²) in [7, 11) is 0. The van der Waals surface area contributed by atoms with Crippen LogP contribution in [0.5, 0.6) is 0 Å². The topological polar surface area (TPSA) is 41.3 Å². The fraction of sp³-hybridized carbons (Fsp3) is 0.562. The molecule has 0 aromatic carbocycles. The van der Waals surface area contributed by atoms with Gasteiger partial charge in [-0.15, -0.1) is 0 Å². The SMILES string of the molecule is CC(C)CNCc1coc(N(Cc2ccsc2)C2CC2)n1. The van der Waals surface area contributed by atoms with Gasteiger partial charge in [-0.3, -0.25) is 0 Å². The summed E-state index contributed by atoms with van der Waals surface area (Å²) in [5, 5.41) is 7.72. The van der Waals surface area contributed by atoms with Crippen molar-refractivity contribution < 1.29 is 4.42 Å². The molecule has 2 aromatic rings. The van der Waals surface area contributed by atoms with E-state index in [2.05, 4.69) is 45.9 Å². The maximum Gasteiger partial charge on any atom is 0.298 e. The van der Waals surface area contributed by atoms with Gasteiger partial charge in [0, 0.05) is 19.1 Å². The number of hydrogen-bond acceptors (Lipinski definition) is 5. The van der Waals surface area contributed by atoms with Crippen LogP contribution in [0.15, 0.2) is 27.5 Å². The smallest absolute Gasteiger partial charge is 0.298 e. The van der Waals surface area contributed by atoms with Gasteiger partial charge in [-0.1, -0.05) is 13.8 Å². The average Bonchev–Trinajstić information content (AvgIpc) is 2.97. The second-order valence-electron chi connectivity index (χ2n) is 6.14. The molecule has 114 valence electrons. The molecule has 0 amide bonds. The second kappa shape index (κ2) is 6.62. The third kappa shape index (κ3) is 4.08. The van der Waals surface area contributed by atoms with Crippen LogP contribution in [0, 0.1) is 5.92 Å². The Balaban J connectivity index is 1.62. The van der Waals surface area contributed by atoms with Crippen molar-refractivity contribution in [2.75, 3.05) is 11.4 Å². The minimum absolute atomic E-state index is 0.597. The van der Waals surface area contributed by atoms with Crippen molar-refractivity contribution in [3.63, 3.8) is 0 Å². The van der Waals surface area contributed by atoms with Gasteiger partial charge in [-0.2, -0.15) is 16.3 Å². The zero-order valence-electron chi connectivity index (χ0n) is 12.7. The van der Waals surface area contributed by atoms with E-state index in [1.165, 1.54) is 18.4 Å². The van der Waals surface area contributed by atoms with E-state index in [4.69, 9.17) is 4.42 Å². The summed E-state index contributed by atoms with van der Waals surface area (Å²) in [6, 6.07) is 3.54. The normalized spacial score (nSPS) is 14.8. The van der Waals surface area contributed by atoms with E-state index in [0.29, 0.717) is 12.0 Å². The minimum atomic E-state index is 0.597. The summed E-state index contributed by atoms with van der Waals surface area (Å²) in [6.07, 6.45) is 4.27. The fourth-order valence-corrected chi connectivity index (χ4v) is 2.98. The molecule has 21 heavy (non-hydrogen) atoms. The van der Waals surface area contributed by atoms with Gasteiger partial charge in [0.2, 0.25) is 0 Å². The Bertz CT molecular complexity index is 546. The van der Waals surface area contributed by atoms with Crippen molar-refractivity contribution in [2.24, 2.45) is 5.92 Å². The predicted molar refractivity (Wildman–Crippen MR) is 86.6 cm³/mol. The van der Waals surface area contributed by atoms with E-state index in [1.54, 1.807) is 17.6 Å². The van der Waals surface area contributed by atoms with Crippen LogP contribution in [0.3, 0.4) is 0 Å². The monoisotopic (exact) mass is 305 g/mol. The van der Waals surface area contributed by atoms with Crippen LogP contribution in [-0.2, 0) is 13.1 Å². The summed E-state index contributed by atoms with van der Waals surface area (Å²) in [4.78, 5) is 6.95. The lowest BCUT2D eigenvalue weighted by Crippen LogP contribution is -2.25. The van der Waals surface area contributed by atoms with Crippen molar-refractivity contribution in [1.82, 2.24) is 10.3 Å². The molecule has 0 radical (unpaired) electrons. The lowest BCUT2D eigenvalue weighted by Gasteiger charge is -2.19. The molecule has 0 saturated heterocycles. The molecule has 1 N–H and O–H groups in total. The molecule has 0 spiro atoms. The Morgan fingerprint density at radius 1 is 1.48 bits per heavy atom. The quantitative estimate of drug-likeness (QED) is 0.808. The van der Waals surface area contributed by atoms with Gasteiger partial charge in [-0.25, -0.2) is 0 Å². The highest BCUT2D eigenvalue weighted by molar-refractivity contribution is 7.07. The molecule has 5 heteroatoms. The Labute approximate surface area is 130 Å². The van der Waals surface area contributed by atoms with Crippen LogP contribution in [0.1, 0.15) is 37.9 Å². The summed E-state index contributed by atoms with van der Waals surface area (Å²) in [6.45, 7) is 7.09. The molecular weight excluding hydrogens is 282 g/mol. The zero-order chi connectivity index (χ0) is 14.7. The highest BCUT2D eigenvalue weighted by Gasteiger charge is 2.32. The number of nitrogens with one attached hydrogen (secondary N) is 1. The molecule has 2 heterocycles. The Morgan fingerprint density at radius 2 is 2.33 bits per heavy atom.